The number of hydrogen-bond acceptors (Lipinski definition) is 7. The van der Waals surface area contributed by atoms with E-state index in [-0.39, 0.29) is 35.2 Å². The van der Waals surface area contributed by atoms with Gasteiger partial charge in [-0.25, -0.2) is 4.52 Å². The highest BCUT2D eigenvalue weighted by Gasteiger charge is 2.43. The molecule has 38 heavy (non-hydrogen) atoms. The Morgan fingerprint density at radius 2 is 1.74 bits per heavy atom. The lowest BCUT2D eigenvalue weighted by Crippen LogP contribution is -2.48. The SMILES string of the molecule is CC(C)(O)c1ccc(OCC(F)(F)F)c2nc(NC3[C@@H]4CC[C@H]3CN(c3ccnc(C(F)(F)F)c3)C4)nn12. The third kappa shape index (κ3) is 5.31. The van der Waals surface area contributed by atoms with E-state index in [4.69, 9.17) is 4.74 Å². The number of pyridine rings is 2. The number of alkyl halides is 6. The van der Waals surface area contributed by atoms with Crippen LogP contribution >= 0.6 is 0 Å². The molecule has 2 N–H and O–H groups in total. The number of rotatable bonds is 6. The summed E-state index contributed by atoms with van der Waals surface area (Å²) in [6, 6.07) is 5.28. The zero-order valence-electron chi connectivity index (χ0n) is 20.5. The molecular weight excluding hydrogens is 518 g/mol. The van der Waals surface area contributed by atoms with E-state index >= 15 is 0 Å². The summed E-state index contributed by atoms with van der Waals surface area (Å²) in [4.78, 5) is 9.74. The van der Waals surface area contributed by atoms with Gasteiger partial charge in [0, 0.05) is 31.0 Å². The summed E-state index contributed by atoms with van der Waals surface area (Å²) in [7, 11) is 0. The molecule has 3 atom stereocenters. The molecule has 2 fully saturated rings. The Morgan fingerprint density at radius 3 is 2.34 bits per heavy atom. The van der Waals surface area contributed by atoms with Crippen LogP contribution < -0.4 is 15.0 Å². The van der Waals surface area contributed by atoms with Crippen LogP contribution in [0.4, 0.5) is 38.0 Å². The van der Waals surface area contributed by atoms with Crippen LogP contribution in [0.15, 0.2) is 30.5 Å². The Balaban J connectivity index is 1.38. The number of nitrogens with zero attached hydrogens (tertiary/aromatic N) is 5. The number of aliphatic hydroxyl groups is 1. The fourth-order valence-corrected chi connectivity index (χ4v) is 5.33. The fraction of sp³-hybridized carbons (Fsp3) is 0.542. The maximum absolute atomic E-state index is 13.1. The van der Waals surface area contributed by atoms with Gasteiger partial charge in [-0.1, -0.05) is 0 Å². The molecule has 1 saturated heterocycles. The number of halogens is 6. The molecule has 3 aromatic heterocycles. The van der Waals surface area contributed by atoms with Crippen molar-refractivity contribution in [3.05, 3.63) is 41.9 Å². The van der Waals surface area contributed by atoms with Crippen LogP contribution in [0.5, 0.6) is 5.75 Å². The lowest BCUT2D eigenvalue weighted by Gasteiger charge is -2.39. The van der Waals surface area contributed by atoms with E-state index in [0.29, 0.717) is 24.5 Å². The topological polar surface area (TPSA) is 87.8 Å². The van der Waals surface area contributed by atoms with E-state index in [2.05, 4.69) is 20.4 Å². The van der Waals surface area contributed by atoms with Gasteiger partial charge in [0.15, 0.2) is 18.0 Å². The summed E-state index contributed by atoms with van der Waals surface area (Å²) in [5.41, 5.74) is -1.52. The van der Waals surface area contributed by atoms with Crippen molar-refractivity contribution in [2.75, 3.05) is 29.9 Å². The van der Waals surface area contributed by atoms with Gasteiger partial charge in [-0.3, -0.25) is 4.98 Å². The second-order valence-electron chi connectivity index (χ2n) is 10.3. The van der Waals surface area contributed by atoms with E-state index in [1.54, 1.807) is 6.07 Å². The van der Waals surface area contributed by atoms with E-state index < -0.39 is 30.3 Å². The first-order valence-electron chi connectivity index (χ1n) is 12.1. The standard InChI is InChI=1S/C24H26F6N6O2/c1-22(2,37)18-6-5-16(38-12-23(25,26)27)20-33-21(34-36(18)20)32-19-13-3-4-14(19)11-35(10-13)15-7-8-31-17(9-15)24(28,29)30/h5-9,13-14,19,37H,3-4,10-12H2,1-2H3,(H,32,34)/t13-,14+,19?. The maximum Gasteiger partial charge on any atom is 0.433 e. The molecule has 2 bridgehead atoms. The Kier molecular flexibility index (Phi) is 6.35. The van der Waals surface area contributed by atoms with Gasteiger partial charge < -0.3 is 20.1 Å². The molecule has 1 aliphatic carbocycles. The number of nitrogens with one attached hydrogen (secondary N) is 1. The van der Waals surface area contributed by atoms with Crippen LogP contribution in [0.3, 0.4) is 0 Å². The van der Waals surface area contributed by atoms with Crippen LogP contribution in [-0.2, 0) is 11.8 Å². The highest BCUT2D eigenvalue weighted by atomic mass is 19.4. The van der Waals surface area contributed by atoms with Gasteiger partial charge in [0.05, 0.1) is 5.69 Å². The average Bonchev–Trinajstić information content (AvgIpc) is 3.32. The van der Waals surface area contributed by atoms with E-state index in [1.165, 1.54) is 30.5 Å². The van der Waals surface area contributed by atoms with Gasteiger partial charge in [0.2, 0.25) is 5.95 Å². The Labute approximate surface area is 213 Å². The van der Waals surface area contributed by atoms with Gasteiger partial charge in [0.25, 0.3) is 0 Å². The lowest BCUT2D eigenvalue weighted by atomic mass is 9.92. The normalized spacial score (nSPS) is 22.2. The van der Waals surface area contributed by atoms with Gasteiger partial charge in [-0.15, -0.1) is 5.10 Å². The van der Waals surface area contributed by atoms with E-state index in [1.807, 2.05) is 4.90 Å². The third-order valence-electron chi connectivity index (χ3n) is 7.00. The minimum atomic E-state index is -4.55. The maximum atomic E-state index is 13.1. The van der Waals surface area contributed by atoms with Crippen LogP contribution in [0, 0.1) is 11.8 Å². The Hall–Kier alpha value is -3.29. The highest BCUT2D eigenvalue weighted by molar-refractivity contribution is 5.58. The summed E-state index contributed by atoms with van der Waals surface area (Å²) < 4.78 is 84.0. The summed E-state index contributed by atoms with van der Waals surface area (Å²) in [6.07, 6.45) is -6.23. The van der Waals surface area contributed by atoms with Gasteiger partial charge in [0.1, 0.15) is 11.3 Å². The molecule has 206 valence electrons. The highest BCUT2D eigenvalue weighted by Crippen LogP contribution is 2.41. The Morgan fingerprint density at radius 1 is 1.05 bits per heavy atom. The van der Waals surface area contributed by atoms with Gasteiger partial charge >= 0.3 is 12.4 Å². The van der Waals surface area contributed by atoms with Crippen molar-refractivity contribution in [2.45, 2.75) is 50.7 Å². The molecule has 5 rings (SSSR count). The molecule has 8 nitrogen and oxygen atoms in total. The molecule has 4 heterocycles. The first-order valence-corrected chi connectivity index (χ1v) is 12.1. The molecule has 1 unspecified atom stereocenters. The van der Waals surface area contributed by atoms with Crippen molar-refractivity contribution in [3.63, 3.8) is 0 Å². The zero-order valence-corrected chi connectivity index (χ0v) is 20.5. The number of hydrogen-bond donors (Lipinski definition) is 2. The van der Waals surface area contributed by atoms with Crippen molar-refractivity contribution in [3.8, 4) is 5.75 Å². The van der Waals surface area contributed by atoms with Crippen molar-refractivity contribution >= 4 is 17.3 Å². The second-order valence-corrected chi connectivity index (χ2v) is 10.3. The first kappa shape index (κ1) is 26.3. The summed E-state index contributed by atoms with van der Waals surface area (Å²) in [5.74, 6) is 0.194. The van der Waals surface area contributed by atoms with Gasteiger partial charge in [-0.2, -0.15) is 31.3 Å². The zero-order chi connectivity index (χ0) is 27.5. The molecular formula is C24H26F6N6O2. The molecule has 1 aliphatic heterocycles. The minimum Gasteiger partial charge on any atom is -0.480 e. The van der Waals surface area contributed by atoms with Crippen molar-refractivity contribution in [1.82, 2.24) is 19.6 Å². The van der Waals surface area contributed by atoms with Crippen molar-refractivity contribution in [1.29, 1.82) is 0 Å². The average molecular weight is 544 g/mol. The Bertz CT molecular complexity index is 1300. The van der Waals surface area contributed by atoms with Crippen LogP contribution in [-0.4, -0.2) is 56.6 Å². The van der Waals surface area contributed by atoms with Crippen LogP contribution in [0.25, 0.3) is 5.65 Å². The quantitative estimate of drug-likeness (QED) is 0.438. The molecule has 0 spiro atoms. The smallest absolute Gasteiger partial charge is 0.433 e. The number of aromatic nitrogens is 4. The minimum absolute atomic E-state index is 0.0256. The fourth-order valence-electron chi connectivity index (χ4n) is 5.33. The largest absolute Gasteiger partial charge is 0.480 e. The summed E-state index contributed by atoms with van der Waals surface area (Å²) >= 11 is 0. The number of anilines is 2. The molecule has 0 amide bonds. The van der Waals surface area contributed by atoms with Crippen molar-refractivity contribution in [2.24, 2.45) is 11.8 Å². The molecule has 3 aromatic rings. The van der Waals surface area contributed by atoms with Crippen LogP contribution in [0.2, 0.25) is 0 Å². The molecule has 2 aliphatic rings. The van der Waals surface area contributed by atoms with Crippen molar-refractivity contribution < 1.29 is 36.2 Å². The second kappa shape index (κ2) is 9.17. The molecule has 1 saturated carbocycles. The number of ether oxygens (including phenoxy) is 1. The van der Waals surface area contributed by atoms with E-state index in [9.17, 15) is 31.4 Å². The monoisotopic (exact) mass is 544 g/mol. The predicted molar refractivity (Wildman–Crippen MR) is 125 cm³/mol. The molecule has 0 radical (unpaired) electrons. The van der Waals surface area contributed by atoms with E-state index in [0.717, 1.165) is 25.1 Å². The summed E-state index contributed by atoms with van der Waals surface area (Å²) in [6.45, 7) is 2.56. The summed E-state index contributed by atoms with van der Waals surface area (Å²) in [5, 5.41) is 18.3. The molecule has 0 aromatic carbocycles. The van der Waals surface area contributed by atoms with Gasteiger partial charge in [-0.05, 0) is 62.8 Å². The molecule has 14 heteroatoms. The predicted octanol–water partition coefficient (Wildman–Crippen LogP) is 4.64. The number of fused-ring (bicyclic) bond motifs is 3. The number of piperidine rings is 1. The third-order valence-corrected chi connectivity index (χ3v) is 7.00. The first-order chi connectivity index (χ1) is 17.7. The van der Waals surface area contributed by atoms with Crippen LogP contribution in [0.1, 0.15) is 38.1 Å². The lowest BCUT2D eigenvalue weighted by molar-refractivity contribution is -0.153.